The first kappa shape index (κ1) is 14.2. The van der Waals surface area contributed by atoms with Crippen LogP contribution in [0.1, 0.15) is 32.6 Å². The molecule has 114 valence electrons. The summed E-state index contributed by atoms with van der Waals surface area (Å²) in [6.45, 7) is 6.05. The molecule has 0 fully saturated rings. The number of hydrogen-bond acceptors (Lipinski definition) is 6. The van der Waals surface area contributed by atoms with Crippen LogP contribution in [0.4, 0.5) is 0 Å². The second-order valence-electron chi connectivity index (χ2n) is 5.98. The van der Waals surface area contributed by atoms with Crippen molar-refractivity contribution >= 4 is 0 Å². The highest BCUT2D eigenvalue weighted by molar-refractivity contribution is 5.54. The summed E-state index contributed by atoms with van der Waals surface area (Å²) in [7, 11) is 0. The van der Waals surface area contributed by atoms with Crippen LogP contribution >= 0.6 is 0 Å². The van der Waals surface area contributed by atoms with E-state index in [4.69, 9.17) is 8.94 Å². The van der Waals surface area contributed by atoms with Crippen LogP contribution < -0.4 is 5.76 Å². The van der Waals surface area contributed by atoms with Crippen LogP contribution in [-0.4, -0.2) is 19.9 Å². The zero-order chi connectivity index (χ0) is 15.7. The van der Waals surface area contributed by atoms with Crippen LogP contribution in [0, 0.1) is 0 Å². The molecule has 22 heavy (non-hydrogen) atoms. The fourth-order valence-electron chi connectivity index (χ4n) is 1.96. The van der Waals surface area contributed by atoms with Gasteiger partial charge in [0.2, 0.25) is 11.8 Å². The molecule has 2 heterocycles. The van der Waals surface area contributed by atoms with Gasteiger partial charge in [-0.1, -0.05) is 56.3 Å². The maximum atomic E-state index is 11.9. The molecule has 0 radical (unpaired) electrons. The highest BCUT2D eigenvalue weighted by atomic mass is 16.5. The van der Waals surface area contributed by atoms with Crippen molar-refractivity contribution in [3.8, 4) is 11.4 Å². The summed E-state index contributed by atoms with van der Waals surface area (Å²) in [5, 5.41) is 11.8. The van der Waals surface area contributed by atoms with E-state index in [0.717, 1.165) is 5.56 Å². The van der Waals surface area contributed by atoms with Crippen molar-refractivity contribution in [2.24, 2.45) is 0 Å². The smallest absolute Gasteiger partial charge is 0.423 e. The lowest BCUT2D eigenvalue weighted by Gasteiger charge is -2.11. The lowest BCUT2D eigenvalue weighted by Crippen LogP contribution is -2.16. The summed E-state index contributed by atoms with van der Waals surface area (Å²) in [5.41, 5.74) is 0.538. The zero-order valence-electron chi connectivity index (χ0n) is 12.6. The maximum Gasteiger partial charge on any atom is 0.442 e. The van der Waals surface area contributed by atoms with Gasteiger partial charge in [0.05, 0.1) is 0 Å². The Hall–Kier alpha value is -2.70. The molecular weight excluding hydrogens is 284 g/mol. The van der Waals surface area contributed by atoms with Crippen LogP contribution in [0.5, 0.6) is 0 Å². The topological polar surface area (TPSA) is 87.0 Å². The first-order valence-corrected chi connectivity index (χ1v) is 6.90. The molecule has 1 aromatic carbocycles. The van der Waals surface area contributed by atoms with Gasteiger partial charge >= 0.3 is 5.76 Å². The molecule has 3 aromatic rings. The molecule has 0 N–H and O–H groups in total. The van der Waals surface area contributed by atoms with Gasteiger partial charge in [0.15, 0.2) is 5.82 Å². The van der Waals surface area contributed by atoms with E-state index in [1.807, 2.05) is 51.1 Å². The zero-order valence-corrected chi connectivity index (χ0v) is 12.6. The van der Waals surface area contributed by atoms with Gasteiger partial charge in [-0.2, -0.15) is 0 Å². The molecule has 0 atom stereocenters. The third kappa shape index (κ3) is 2.69. The predicted molar refractivity (Wildman–Crippen MR) is 78.3 cm³/mol. The summed E-state index contributed by atoms with van der Waals surface area (Å²) in [5.74, 6) is 0.733. The Morgan fingerprint density at radius 1 is 1.14 bits per heavy atom. The Bertz CT molecular complexity index is 824. The van der Waals surface area contributed by atoms with E-state index in [-0.39, 0.29) is 12.0 Å². The van der Waals surface area contributed by atoms with Gasteiger partial charge in [0.1, 0.15) is 6.54 Å². The average Bonchev–Trinajstić information content (AvgIpc) is 3.08. The molecule has 0 aliphatic carbocycles. The van der Waals surface area contributed by atoms with Gasteiger partial charge in [-0.05, 0) is 0 Å². The average molecular weight is 300 g/mol. The van der Waals surface area contributed by atoms with Crippen molar-refractivity contribution in [1.82, 2.24) is 19.9 Å². The lowest BCUT2D eigenvalue weighted by molar-refractivity contribution is 0.355. The Kier molecular flexibility index (Phi) is 3.40. The van der Waals surface area contributed by atoms with Crippen molar-refractivity contribution in [3.05, 3.63) is 52.7 Å². The molecule has 0 aliphatic rings. The van der Waals surface area contributed by atoms with Gasteiger partial charge < -0.3 is 4.42 Å². The van der Waals surface area contributed by atoms with Gasteiger partial charge in [-0.25, -0.2) is 9.36 Å². The third-order valence-corrected chi connectivity index (χ3v) is 3.12. The fourth-order valence-corrected chi connectivity index (χ4v) is 1.96. The largest absolute Gasteiger partial charge is 0.442 e. The van der Waals surface area contributed by atoms with Crippen molar-refractivity contribution in [2.75, 3.05) is 0 Å². The van der Waals surface area contributed by atoms with Crippen LogP contribution in [0.25, 0.3) is 11.4 Å². The molecule has 0 saturated heterocycles. The second kappa shape index (κ2) is 5.25. The Morgan fingerprint density at radius 2 is 1.86 bits per heavy atom. The number of benzene rings is 1. The Balaban J connectivity index is 1.95. The number of rotatable bonds is 3. The van der Waals surface area contributed by atoms with Crippen LogP contribution in [-0.2, 0) is 12.0 Å². The van der Waals surface area contributed by atoms with Gasteiger partial charge in [0, 0.05) is 11.0 Å². The number of aromatic nitrogens is 4. The minimum Gasteiger partial charge on any atom is -0.423 e. The molecule has 0 saturated carbocycles. The quantitative estimate of drug-likeness (QED) is 0.737. The van der Waals surface area contributed by atoms with Crippen LogP contribution in [0.3, 0.4) is 0 Å². The Morgan fingerprint density at radius 3 is 2.50 bits per heavy atom. The van der Waals surface area contributed by atoms with E-state index in [9.17, 15) is 4.79 Å². The van der Waals surface area contributed by atoms with E-state index in [0.29, 0.717) is 17.6 Å². The SMILES string of the molecule is CC(C)(C)c1nnc(Cn2c(-c3ccccc3)noc2=O)o1. The fraction of sp³-hybridized carbons (Fsp3) is 0.333. The summed E-state index contributed by atoms with van der Waals surface area (Å²) < 4.78 is 11.8. The maximum absolute atomic E-state index is 11.9. The van der Waals surface area contributed by atoms with Crippen LogP contribution in [0.2, 0.25) is 0 Å². The monoisotopic (exact) mass is 300 g/mol. The Labute approximate surface area is 126 Å². The number of nitrogens with zero attached hydrogens (tertiary/aromatic N) is 4. The molecule has 0 amide bonds. The van der Waals surface area contributed by atoms with Gasteiger partial charge in [-0.3, -0.25) is 4.52 Å². The van der Waals surface area contributed by atoms with E-state index < -0.39 is 5.76 Å². The molecule has 7 nitrogen and oxygen atoms in total. The van der Waals surface area contributed by atoms with Crippen molar-refractivity contribution < 1.29 is 8.94 Å². The predicted octanol–water partition coefficient (Wildman–Crippen LogP) is 2.23. The summed E-state index contributed by atoms with van der Waals surface area (Å²) >= 11 is 0. The first-order valence-electron chi connectivity index (χ1n) is 6.90. The summed E-state index contributed by atoms with van der Waals surface area (Å²) in [6.07, 6.45) is 0. The minimum absolute atomic E-state index is 0.121. The molecule has 2 aromatic heterocycles. The van der Waals surface area contributed by atoms with E-state index in [1.165, 1.54) is 4.57 Å². The molecule has 0 spiro atoms. The van der Waals surface area contributed by atoms with Crippen molar-refractivity contribution in [3.63, 3.8) is 0 Å². The summed E-state index contributed by atoms with van der Waals surface area (Å²) in [4.78, 5) is 11.9. The van der Waals surface area contributed by atoms with Crippen molar-refractivity contribution in [1.29, 1.82) is 0 Å². The number of hydrogen-bond donors (Lipinski definition) is 0. The lowest BCUT2D eigenvalue weighted by atomic mass is 9.97. The van der Waals surface area contributed by atoms with E-state index in [2.05, 4.69) is 15.4 Å². The van der Waals surface area contributed by atoms with Gasteiger partial charge in [0.25, 0.3) is 0 Å². The standard InChI is InChI=1S/C15H16N4O3/c1-15(2,3)13-17-16-11(21-13)9-19-12(18-22-14(19)20)10-7-5-4-6-8-10/h4-8H,9H2,1-3H3. The van der Waals surface area contributed by atoms with Gasteiger partial charge in [-0.15, -0.1) is 10.2 Å². The summed E-state index contributed by atoms with van der Waals surface area (Å²) in [6, 6.07) is 9.32. The molecule has 0 bridgehead atoms. The highest BCUT2D eigenvalue weighted by Crippen LogP contribution is 2.21. The molecule has 7 heteroatoms. The van der Waals surface area contributed by atoms with E-state index >= 15 is 0 Å². The highest BCUT2D eigenvalue weighted by Gasteiger charge is 2.22. The third-order valence-electron chi connectivity index (χ3n) is 3.12. The minimum atomic E-state index is -0.561. The molecular formula is C15H16N4O3. The molecule has 3 rings (SSSR count). The van der Waals surface area contributed by atoms with E-state index in [1.54, 1.807) is 0 Å². The van der Waals surface area contributed by atoms with Crippen LogP contribution in [0.15, 0.2) is 44.1 Å². The molecule has 0 unspecified atom stereocenters. The van der Waals surface area contributed by atoms with Crippen molar-refractivity contribution in [2.45, 2.75) is 32.7 Å². The second-order valence-corrected chi connectivity index (χ2v) is 5.98. The molecule has 0 aliphatic heterocycles. The first-order chi connectivity index (χ1) is 10.4. The normalized spacial score (nSPS) is 11.8.